The molecule has 0 aliphatic carbocycles. The van der Waals surface area contributed by atoms with Gasteiger partial charge in [0.25, 0.3) is 0 Å². The molecule has 11 heavy (non-hydrogen) atoms. The Morgan fingerprint density at radius 3 is 1.45 bits per heavy atom. The molecule has 2 nitrogen and oxygen atoms in total. The van der Waals surface area contributed by atoms with Crippen LogP contribution in [0.2, 0.25) is 5.04 Å². The summed E-state index contributed by atoms with van der Waals surface area (Å²) >= 11 is 0. The maximum absolute atomic E-state index is 9.60. The van der Waals surface area contributed by atoms with E-state index in [2.05, 4.69) is 0 Å². The molecule has 0 saturated heterocycles. The van der Waals surface area contributed by atoms with Gasteiger partial charge in [0.15, 0.2) is 0 Å². The third-order valence-electron chi connectivity index (χ3n) is 1.04. The molecule has 0 aromatic heterocycles. The molecule has 0 spiro atoms. The first kappa shape index (κ1) is 11.1. The van der Waals surface area contributed by atoms with E-state index in [-0.39, 0.29) is 10.6 Å². The van der Waals surface area contributed by atoms with E-state index in [1.165, 1.54) is 0 Å². The van der Waals surface area contributed by atoms with Crippen LogP contribution in [0.1, 0.15) is 41.5 Å². The van der Waals surface area contributed by atoms with Crippen molar-refractivity contribution < 1.29 is 9.22 Å². The van der Waals surface area contributed by atoms with Gasteiger partial charge in [-0.25, -0.2) is 0 Å². The van der Waals surface area contributed by atoms with Gasteiger partial charge in [-0.2, -0.15) is 0 Å². The largest absolute Gasteiger partial charge is 0.409 e. The van der Waals surface area contributed by atoms with Crippen LogP contribution in [0.15, 0.2) is 0 Å². The fourth-order valence-corrected chi connectivity index (χ4v) is 1.33. The average Bonchev–Trinajstić information content (AvgIpc) is 1.56. The van der Waals surface area contributed by atoms with Crippen molar-refractivity contribution in [3.63, 3.8) is 0 Å². The van der Waals surface area contributed by atoms with Crippen molar-refractivity contribution in [2.75, 3.05) is 0 Å². The van der Waals surface area contributed by atoms with E-state index in [0.29, 0.717) is 0 Å². The topological polar surface area (TPSA) is 29.5 Å². The summed E-state index contributed by atoms with van der Waals surface area (Å²) in [5.41, 5.74) is -0.226. The van der Waals surface area contributed by atoms with Crippen LogP contribution in [0.25, 0.3) is 0 Å². The molecule has 0 fully saturated rings. The standard InChI is InChI=1S/C8H19O2Si/c1-7(2,3)10-11(9)8(4,5)6/h9H,1-6H3. The maximum Gasteiger partial charge on any atom is 0.388 e. The summed E-state index contributed by atoms with van der Waals surface area (Å²) < 4.78 is 5.46. The van der Waals surface area contributed by atoms with Crippen LogP contribution in [0.3, 0.4) is 0 Å². The molecule has 67 valence electrons. The minimum atomic E-state index is -1.66. The van der Waals surface area contributed by atoms with Crippen molar-refractivity contribution in [1.82, 2.24) is 0 Å². The Kier molecular flexibility index (Phi) is 3.29. The van der Waals surface area contributed by atoms with Gasteiger partial charge in [-0.15, -0.1) is 0 Å². The van der Waals surface area contributed by atoms with Crippen molar-refractivity contribution in [2.24, 2.45) is 0 Å². The number of hydrogen-bond donors (Lipinski definition) is 1. The Morgan fingerprint density at radius 1 is 1.00 bits per heavy atom. The van der Waals surface area contributed by atoms with Gasteiger partial charge in [0, 0.05) is 5.04 Å². The first-order chi connectivity index (χ1) is 4.63. The molecule has 0 unspecified atom stereocenters. The summed E-state index contributed by atoms with van der Waals surface area (Å²) in [7, 11) is -1.66. The first-order valence-electron chi connectivity index (χ1n) is 3.88. The van der Waals surface area contributed by atoms with Crippen LogP contribution in [0.5, 0.6) is 0 Å². The molecule has 0 amide bonds. The van der Waals surface area contributed by atoms with E-state index in [9.17, 15) is 4.80 Å². The quantitative estimate of drug-likeness (QED) is 0.618. The second-order valence-electron chi connectivity index (χ2n) is 4.77. The minimum Gasteiger partial charge on any atom is -0.409 e. The monoisotopic (exact) mass is 175 g/mol. The molecule has 0 rings (SSSR count). The lowest BCUT2D eigenvalue weighted by Gasteiger charge is -2.29. The molecule has 1 radical (unpaired) electrons. The van der Waals surface area contributed by atoms with E-state index in [0.717, 1.165) is 0 Å². The predicted molar refractivity (Wildman–Crippen MR) is 48.5 cm³/mol. The number of hydrogen-bond acceptors (Lipinski definition) is 2. The zero-order valence-corrected chi connectivity index (χ0v) is 9.36. The molecule has 0 aliphatic rings. The minimum absolute atomic E-state index is 0.0993. The lowest BCUT2D eigenvalue weighted by atomic mass is 10.2. The molecule has 0 bridgehead atoms. The predicted octanol–water partition coefficient (Wildman–Crippen LogP) is 2.08. The zero-order valence-electron chi connectivity index (χ0n) is 8.36. The summed E-state index contributed by atoms with van der Waals surface area (Å²) in [6.45, 7) is 11.9. The highest BCUT2D eigenvalue weighted by atomic mass is 28.3. The molecule has 0 aromatic rings. The maximum atomic E-state index is 9.60. The van der Waals surface area contributed by atoms with Gasteiger partial charge in [-0.05, 0) is 20.8 Å². The van der Waals surface area contributed by atoms with Crippen molar-refractivity contribution in [2.45, 2.75) is 52.2 Å². The third kappa shape index (κ3) is 5.41. The molecule has 0 aliphatic heterocycles. The molecule has 0 saturated carbocycles. The third-order valence-corrected chi connectivity index (χ3v) is 3.13. The molecule has 3 heteroatoms. The van der Waals surface area contributed by atoms with Gasteiger partial charge in [0.05, 0.1) is 5.60 Å². The van der Waals surface area contributed by atoms with Gasteiger partial charge in [-0.1, -0.05) is 20.8 Å². The van der Waals surface area contributed by atoms with E-state index in [1.54, 1.807) is 0 Å². The van der Waals surface area contributed by atoms with Crippen molar-refractivity contribution in [3.05, 3.63) is 0 Å². The van der Waals surface area contributed by atoms with Gasteiger partial charge in [0.1, 0.15) is 0 Å². The summed E-state index contributed by atoms with van der Waals surface area (Å²) in [5, 5.41) is -0.0993. The molecule has 1 N–H and O–H groups in total. The molecule has 0 aromatic carbocycles. The summed E-state index contributed by atoms with van der Waals surface area (Å²) in [5.74, 6) is 0. The highest BCUT2D eigenvalue weighted by molar-refractivity contribution is 6.46. The fraction of sp³-hybridized carbons (Fsp3) is 1.00. The number of rotatable bonds is 1. The van der Waals surface area contributed by atoms with Crippen LogP contribution in [-0.4, -0.2) is 19.7 Å². The molecular formula is C8H19O2Si. The van der Waals surface area contributed by atoms with Crippen molar-refractivity contribution in [3.8, 4) is 0 Å². The molecule has 0 atom stereocenters. The average molecular weight is 175 g/mol. The summed E-state index contributed by atoms with van der Waals surface area (Å²) in [6.07, 6.45) is 0. The Bertz CT molecular complexity index is 121. The normalized spacial score (nSPS) is 14.2. The van der Waals surface area contributed by atoms with E-state index in [4.69, 9.17) is 4.43 Å². The van der Waals surface area contributed by atoms with Crippen molar-refractivity contribution >= 4 is 9.28 Å². The van der Waals surface area contributed by atoms with Crippen molar-refractivity contribution in [1.29, 1.82) is 0 Å². The van der Waals surface area contributed by atoms with E-state index < -0.39 is 9.28 Å². The van der Waals surface area contributed by atoms with Gasteiger partial charge >= 0.3 is 9.28 Å². The zero-order chi connectivity index (χ0) is 9.28. The molecular weight excluding hydrogens is 156 g/mol. The van der Waals surface area contributed by atoms with Gasteiger partial charge in [0.2, 0.25) is 0 Å². The lowest BCUT2D eigenvalue weighted by Crippen LogP contribution is -2.37. The Labute approximate surface area is 71.4 Å². The van der Waals surface area contributed by atoms with Crippen LogP contribution < -0.4 is 0 Å². The summed E-state index contributed by atoms with van der Waals surface area (Å²) in [6, 6.07) is 0. The Balaban J connectivity index is 3.99. The van der Waals surface area contributed by atoms with Crippen LogP contribution >= 0.6 is 0 Å². The SMILES string of the molecule is CC(C)(C)O[Si](O)C(C)(C)C. The Hall–Kier alpha value is 0.137. The van der Waals surface area contributed by atoms with Crippen LogP contribution in [-0.2, 0) is 4.43 Å². The second kappa shape index (κ2) is 3.25. The van der Waals surface area contributed by atoms with Gasteiger partial charge in [-0.3, -0.25) is 0 Å². The smallest absolute Gasteiger partial charge is 0.388 e. The summed E-state index contributed by atoms with van der Waals surface area (Å²) in [4.78, 5) is 9.60. The lowest BCUT2D eigenvalue weighted by molar-refractivity contribution is 0.0911. The molecule has 0 heterocycles. The highest BCUT2D eigenvalue weighted by Gasteiger charge is 2.32. The van der Waals surface area contributed by atoms with Crippen LogP contribution in [0, 0.1) is 0 Å². The second-order valence-corrected chi connectivity index (χ2v) is 7.08. The van der Waals surface area contributed by atoms with Gasteiger partial charge < -0.3 is 9.22 Å². The Morgan fingerprint density at radius 2 is 1.36 bits per heavy atom. The first-order valence-corrected chi connectivity index (χ1v) is 5.24. The van der Waals surface area contributed by atoms with E-state index in [1.807, 2.05) is 41.5 Å². The fourth-order valence-electron chi connectivity index (χ4n) is 0.443. The highest BCUT2D eigenvalue weighted by Crippen LogP contribution is 2.28. The van der Waals surface area contributed by atoms with E-state index >= 15 is 0 Å². The van der Waals surface area contributed by atoms with Crippen LogP contribution in [0.4, 0.5) is 0 Å².